The zero-order chi connectivity index (χ0) is 20.6. The van der Waals surface area contributed by atoms with E-state index in [1.165, 1.54) is 24.0 Å². The van der Waals surface area contributed by atoms with Crippen LogP contribution < -0.4 is 5.32 Å². The second-order valence-electron chi connectivity index (χ2n) is 7.05. The maximum absolute atomic E-state index is 12.2. The molecule has 0 spiro atoms. The summed E-state index contributed by atoms with van der Waals surface area (Å²) in [7, 11) is 0. The quantitative estimate of drug-likeness (QED) is 0.321. The summed E-state index contributed by atoms with van der Waals surface area (Å²) in [6, 6.07) is -1.17. The van der Waals surface area contributed by atoms with Crippen molar-refractivity contribution in [1.29, 1.82) is 0 Å². The van der Waals surface area contributed by atoms with E-state index in [2.05, 4.69) is 10.3 Å². The summed E-state index contributed by atoms with van der Waals surface area (Å²) in [6.45, 7) is 7.46. The molecular formula is C19H29N3O5. The molecule has 0 aromatic heterocycles. The lowest BCUT2D eigenvalue weighted by molar-refractivity contribution is -0.138. The molecule has 3 amide bonds. The summed E-state index contributed by atoms with van der Waals surface area (Å²) in [5.74, 6) is -1.63. The van der Waals surface area contributed by atoms with E-state index >= 15 is 0 Å². The molecule has 0 saturated heterocycles. The van der Waals surface area contributed by atoms with Crippen LogP contribution in [-0.2, 0) is 19.2 Å². The van der Waals surface area contributed by atoms with E-state index in [0.29, 0.717) is 31.5 Å². The fourth-order valence-electron chi connectivity index (χ4n) is 2.82. The van der Waals surface area contributed by atoms with Gasteiger partial charge in [-0.2, -0.15) is 0 Å². The summed E-state index contributed by atoms with van der Waals surface area (Å²) < 4.78 is 0. The lowest BCUT2D eigenvalue weighted by Gasteiger charge is -2.23. The molecule has 0 saturated carbocycles. The van der Waals surface area contributed by atoms with Crippen molar-refractivity contribution in [3.63, 3.8) is 0 Å². The Hall–Kier alpha value is -2.51. The largest absolute Gasteiger partial charge is 0.480 e. The van der Waals surface area contributed by atoms with Gasteiger partial charge in [0.05, 0.1) is 6.04 Å². The van der Waals surface area contributed by atoms with Crippen LogP contribution in [0.1, 0.15) is 53.4 Å². The number of imide groups is 1. The van der Waals surface area contributed by atoms with Crippen LogP contribution in [0.3, 0.4) is 0 Å². The summed E-state index contributed by atoms with van der Waals surface area (Å²) >= 11 is 0. The van der Waals surface area contributed by atoms with Crippen molar-refractivity contribution in [2.24, 2.45) is 10.9 Å². The number of nitrogens with zero attached hydrogens (tertiary/aromatic N) is 2. The molecule has 0 aromatic carbocycles. The third kappa shape index (κ3) is 7.32. The lowest BCUT2D eigenvalue weighted by atomic mass is 9.99. The van der Waals surface area contributed by atoms with E-state index in [4.69, 9.17) is 5.11 Å². The summed E-state index contributed by atoms with van der Waals surface area (Å²) in [5, 5.41) is 11.9. The van der Waals surface area contributed by atoms with E-state index in [1.54, 1.807) is 6.92 Å². The predicted molar refractivity (Wildman–Crippen MR) is 101 cm³/mol. The SMILES string of the molecule is CC(=NC(C)C(=O)O)C(NC(=O)CCCCCN1C(=O)C=CC1=O)C(C)C. The lowest BCUT2D eigenvalue weighted by Crippen LogP contribution is -2.44. The monoisotopic (exact) mass is 379 g/mol. The van der Waals surface area contributed by atoms with Crippen molar-refractivity contribution in [3.05, 3.63) is 12.2 Å². The molecule has 1 aliphatic rings. The standard InChI is InChI=1S/C19H29N3O5/c1-12(2)18(13(3)20-14(4)19(26)27)21-15(23)8-6-5-7-11-22-16(24)9-10-17(22)25/h9-10,12,14,18H,5-8,11H2,1-4H3,(H,21,23)(H,26,27). The van der Waals surface area contributed by atoms with Gasteiger partial charge < -0.3 is 10.4 Å². The Morgan fingerprint density at radius 3 is 2.22 bits per heavy atom. The fraction of sp³-hybridized carbons (Fsp3) is 0.632. The molecule has 1 aliphatic heterocycles. The number of carbonyl (C=O) groups excluding carboxylic acids is 3. The van der Waals surface area contributed by atoms with Crippen LogP contribution in [0.25, 0.3) is 0 Å². The van der Waals surface area contributed by atoms with Crippen LogP contribution in [0.5, 0.6) is 0 Å². The first kappa shape index (κ1) is 22.5. The number of carboxylic acid groups (broad SMARTS) is 1. The first-order chi connectivity index (χ1) is 12.6. The smallest absolute Gasteiger partial charge is 0.328 e. The molecule has 2 atom stereocenters. The van der Waals surface area contributed by atoms with Gasteiger partial charge in [0, 0.05) is 30.8 Å². The predicted octanol–water partition coefficient (Wildman–Crippen LogP) is 1.55. The molecule has 8 heteroatoms. The molecule has 27 heavy (non-hydrogen) atoms. The Morgan fingerprint density at radius 2 is 1.70 bits per heavy atom. The molecule has 0 fully saturated rings. The maximum Gasteiger partial charge on any atom is 0.328 e. The summed E-state index contributed by atoms with van der Waals surface area (Å²) in [6.07, 6.45) is 4.86. The Bertz CT molecular complexity index is 621. The number of nitrogens with one attached hydrogen (secondary N) is 1. The number of amides is 3. The van der Waals surface area contributed by atoms with Gasteiger partial charge in [-0.25, -0.2) is 4.79 Å². The Labute approximate surface area is 159 Å². The number of aliphatic carboxylic acids is 1. The zero-order valence-corrected chi connectivity index (χ0v) is 16.4. The second kappa shape index (κ2) is 10.6. The van der Waals surface area contributed by atoms with Gasteiger partial charge in [0.1, 0.15) is 6.04 Å². The highest BCUT2D eigenvalue weighted by Crippen LogP contribution is 2.10. The van der Waals surface area contributed by atoms with E-state index in [0.717, 1.165) is 6.42 Å². The van der Waals surface area contributed by atoms with Gasteiger partial charge in [0.15, 0.2) is 0 Å². The van der Waals surface area contributed by atoms with Crippen LogP contribution in [0, 0.1) is 5.92 Å². The minimum atomic E-state index is -1.01. The van der Waals surface area contributed by atoms with E-state index in [9.17, 15) is 19.2 Å². The first-order valence-corrected chi connectivity index (χ1v) is 9.23. The van der Waals surface area contributed by atoms with Crippen molar-refractivity contribution < 1.29 is 24.3 Å². The molecule has 0 aliphatic carbocycles. The third-order valence-corrected chi connectivity index (χ3v) is 4.37. The average Bonchev–Trinajstić information content (AvgIpc) is 2.90. The van der Waals surface area contributed by atoms with Gasteiger partial charge in [-0.1, -0.05) is 20.3 Å². The molecule has 0 radical (unpaired) electrons. The van der Waals surface area contributed by atoms with Gasteiger partial charge in [0.25, 0.3) is 11.8 Å². The summed E-state index contributed by atoms with van der Waals surface area (Å²) in [5.41, 5.74) is 0.590. The second-order valence-corrected chi connectivity index (χ2v) is 7.05. The number of aliphatic imine (C=N–C) groups is 1. The highest BCUT2D eigenvalue weighted by molar-refractivity contribution is 6.12. The number of carbonyl (C=O) groups is 4. The highest BCUT2D eigenvalue weighted by Gasteiger charge is 2.23. The highest BCUT2D eigenvalue weighted by atomic mass is 16.4. The van der Waals surface area contributed by atoms with Crippen LogP contribution >= 0.6 is 0 Å². The van der Waals surface area contributed by atoms with Crippen LogP contribution in [0.4, 0.5) is 0 Å². The van der Waals surface area contributed by atoms with Crippen molar-refractivity contribution in [3.8, 4) is 0 Å². The number of unbranched alkanes of at least 4 members (excludes halogenated alkanes) is 2. The molecule has 150 valence electrons. The Balaban J connectivity index is 2.39. The van der Waals surface area contributed by atoms with Crippen molar-refractivity contribution in [2.45, 2.75) is 65.5 Å². The van der Waals surface area contributed by atoms with Gasteiger partial charge in [-0.15, -0.1) is 0 Å². The van der Waals surface area contributed by atoms with Crippen molar-refractivity contribution in [2.75, 3.05) is 6.54 Å². The van der Waals surface area contributed by atoms with Crippen molar-refractivity contribution in [1.82, 2.24) is 10.2 Å². The maximum atomic E-state index is 12.2. The first-order valence-electron chi connectivity index (χ1n) is 9.23. The van der Waals surface area contributed by atoms with Crippen LogP contribution in [0.2, 0.25) is 0 Å². The van der Waals surface area contributed by atoms with E-state index < -0.39 is 12.0 Å². The minimum Gasteiger partial charge on any atom is -0.480 e. The summed E-state index contributed by atoms with van der Waals surface area (Å²) in [4.78, 5) is 51.3. The van der Waals surface area contributed by atoms with Gasteiger partial charge in [0.2, 0.25) is 5.91 Å². The number of rotatable bonds is 11. The number of carboxylic acids is 1. The van der Waals surface area contributed by atoms with Gasteiger partial charge >= 0.3 is 5.97 Å². The normalized spacial score (nSPS) is 16.8. The zero-order valence-electron chi connectivity index (χ0n) is 16.4. The molecule has 1 rings (SSSR count). The Kier molecular flexibility index (Phi) is 8.84. The number of hydrogen-bond donors (Lipinski definition) is 2. The molecule has 8 nitrogen and oxygen atoms in total. The average molecular weight is 379 g/mol. The topological polar surface area (TPSA) is 116 Å². The molecule has 0 bridgehead atoms. The number of hydrogen-bond acceptors (Lipinski definition) is 5. The fourth-order valence-corrected chi connectivity index (χ4v) is 2.82. The minimum absolute atomic E-state index is 0.0818. The molecule has 0 aromatic rings. The van der Waals surface area contributed by atoms with Crippen molar-refractivity contribution >= 4 is 29.4 Å². The molecule has 2 unspecified atom stereocenters. The van der Waals surface area contributed by atoms with Gasteiger partial charge in [-0.05, 0) is 32.6 Å². The van der Waals surface area contributed by atoms with E-state index in [1.807, 2.05) is 13.8 Å². The molecular weight excluding hydrogens is 350 g/mol. The van der Waals surface area contributed by atoms with E-state index in [-0.39, 0.29) is 29.7 Å². The van der Waals surface area contributed by atoms with Crippen LogP contribution in [0.15, 0.2) is 17.1 Å². The molecule has 1 heterocycles. The third-order valence-electron chi connectivity index (χ3n) is 4.37. The molecule has 2 N–H and O–H groups in total. The van der Waals surface area contributed by atoms with Gasteiger partial charge in [-0.3, -0.25) is 24.3 Å². The Morgan fingerprint density at radius 1 is 1.11 bits per heavy atom. The van der Waals surface area contributed by atoms with Crippen LogP contribution in [-0.4, -0.2) is 58.0 Å².